The molecule has 0 fully saturated rings. The van der Waals surface area contributed by atoms with Crippen LogP contribution in [0.1, 0.15) is 28.0 Å². The van der Waals surface area contributed by atoms with Crippen LogP contribution in [0.5, 0.6) is 0 Å². The minimum Gasteiger partial charge on any atom is -0.396 e. The van der Waals surface area contributed by atoms with Crippen molar-refractivity contribution in [2.24, 2.45) is 7.05 Å². The van der Waals surface area contributed by atoms with Crippen molar-refractivity contribution in [3.8, 4) is 0 Å². The molecule has 0 aliphatic rings. The maximum absolute atomic E-state index is 14.2. The highest BCUT2D eigenvalue weighted by molar-refractivity contribution is 5.98. The van der Waals surface area contributed by atoms with E-state index in [1.54, 1.807) is 13.0 Å². The predicted octanol–water partition coefficient (Wildman–Crippen LogP) is 1.32. The minimum absolute atomic E-state index is 0.0768. The molecule has 0 saturated carbocycles. The maximum Gasteiger partial charge on any atom is 0.297 e. The fourth-order valence-electron chi connectivity index (χ4n) is 2.24. The summed E-state index contributed by atoms with van der Waals surface area (Å²) < 4.78 is 15.2. The lowest BCUT2D eigenvalue weighted by Crippen LogP contribution is -2.32. The van der Waals surface area contributed by atoms with E-state index in [0.29, 0.717) is 6.42 Å². The Labute approximate surface area is 149 Å². The summed E-state index contributed by atoms with van der Waals surface area (Å²) in [4.78, 5) is 29.5. The number of aliphatic hydroxyl groups is 1. The molecule has 0 aliphatic heterocycles. The molecule has 0 radical (unpaired) electrons. The van der Waals surface area contributed by atoms with Gasteiger partial charge in [-0.15, -0.1) is 0 Å². The quantitative estimate of drug-likeness (QED) is 0.506. The number of nitrogens with zero attached hydrogens (tertiary/aromatic N) is 2. The van der Waals surface area contributed by atoms with Gasteiger partial charge in [0, 0.05) is 19.2 Å². The van der Waals surface area contributed by atoms with Gasteiger partial charge in [-0.25, -0.2) is 14.6 Å². The third kappa shape index (κ3) is 4.44. The highest BCUT2D eigenvalue weighted by Crippen LogP contribution is 2.24. The highest BCUT2D eigenvalue weighted by atomic mass is 19.1. The van der Waals surface area contributed by atoms with Crippen LogP contribution in [-0.2, 0) is 11.9 Å². The fourth-order valence-corrected chi connectivity index (χ4v) is 2.24. The average Bonchev–Trinajstić information content (AvgIpc) is 2.60. The summed E-state index contributed by atoms with van der Waals surface area (Å²) in [5.41, 5.74) is 2.82. The molecule has 2 rings (SSSR count). The standard InChI is InChI=1S/C17H21FN4O4/c1-10-5-6-13(12(18)9-10)19-14-11(2)17(25)22(3)20-15(14)16(24)21-26-8-4-7-23/h5-6,9,19,23H,4,7-8H2,1-3H3,(H,21,24). The molecule has 0 spiro atoms. The molecule has 0 unspecified atom stereocenters. The van der Waals surface area contributed by atoms with Crippen LogP contribution < -0.4 is 16.4 Å². The number of anilines is 2. The van der Waals surface area contributed by atoms with Gasteiger partial charge < -0.3 is 10.4 Å². The van der Waals surface area contributed by atoms with Crippen molar-refractivity contribution in [1.82, 2.24) is 15.3 Å². The van der Waals surface area contributed by atoms with Crippen LogP contribution in [0.15, 0.2) is 23.0 Å². The van der Waals surface area contributed by atoms with Gasteiger partial charge >= 0.3 is 0 Å². The molecular formula is C17H21FN4O4. The van der Waals surface area contributed by atoms with E-state index in [9.17, 15) is 14.0 Å². The number of amides is 1. The monoisotopic (exact) mass is 364 g/mol. The van der Waals surface area contributed by atoms with E-state index in [2.05, 4.69) is 15.9 Å². The van der Waals surface area contributed by atoms with Crippen LogP contribution in [0.2, 0.25) is 0 Å². The Balaban J connectivity index is 2.38. The van der Waals surface area contributed by atoms with Gasteiger partial charge in [0.25, 0.3) is 11.5 Å². The number of nitrogens with one attached hydrogen (secondary N) is 2. The van der Waals surface area contributed by atoms with E-state index in [-0.39, 0.29) is 35.8 Å². The van der Waals surface area contributed by atoms with E-state index in [0.717, 1.165) is 10.2 Å². The van der Waals surface area contributed by atoms with Crippen LogP contribution in [0.25, 0.3) is 0 Å². The number of carbonyl (C=O) groups is 1. The normalized spacial score (nSPS) is 10.7. The van der Waals surface area contributed by atoms with Gasteiger partial charge in [0.1, 0.15) is 5.82 Å². The SMILES string of the molecule is Cc1ccc(Nc2c(C(=O)NOCCCO)nn(C)c(=O)c2C)c(F)c1. The number of rotatable bonds is 7. The molecule has 26 heavy (non-hydrogen) atoms. The van der Waals surface area contributed by atoms with Crippen molar-refractivity contribution in [3.63, 3.8) is 0 Å². The highest BCUT2D eigenvalue weighted by Gasteiger charge is 2.20. The van der Waals surface area contributed by atoms with Gasteiger partial charge in [0.05, 0.1) is 18.0 Å². The average molecular weight is 364 g/mol. The van der Waals surface area contributed by atoms with E-state index < -0.39 is 17.3 Å². The van der Waals surface area contributed by atoms with Crippen LogP contribution in [-0.4, -0.2) is 34.0 Å². The summed E-state index contributed by atoms with van der Waals surface area (Å²) in [6.07, 6.45) is 0.347. The number of hydroxylamine groups is 1. The van der Waals surface area contributed by atoms with Crippen molar-refractivity contribution < 1.29 is 19.1 Å². The van der Waals surface area contributed by atoms with E-state index in [4.69, 9.17) is 9.94 Å². The molecule has 1 aromatic carbocycles. The van der Waals surface area contributed by atoms with Gasteiger partial charge in [0.2, 0.25) is 0 Å². The molecule has 3 N–H and O–H groups in total. The zero-order chi connectivity index (χ0) is 19.3. The first kappa shape index (κ1) is 19.5. The summed E-state index contributed by atoms with van der Waals surface area (Å²) >= 11 is 0. The molecule has 1 heterocycles. The lowest BCUT2D eigenvalue weighted by Gasteiger charge is -2.15. The maximum atomic E-state index is 14.2. The topological polar surface area (TPSA) is 105 Å². The summed E-state index contributed by atoms with van der Waals surface area (Å²) in [7, 11) is 1.41. The molecule has 140 valence electrons. The van der Waals surface area contributed by atoms with Crippen molar-refractivity contribution in [2.45, 2.75) is 20.3 Å². The third-order valence-corrected chi connectivity index (χ3v) is 3.65. The van der Waals surface area contributed by atoms with Crippen molar-refractivity contribution in [1.29, 1.82) is 0 Å². The van der Waals surface area contributed by atoms with Crippen molar-refractivity contribution in [3.05, 3.63) is 51.2 Å². The van der Waals surface area contributed by atoms with Crippen LogP contribution in [0.4, 0.5) is 15.8 Å². The molecule has 1 aromatic heterocycles. The largest absolute Gasteiger partial charge is 0.396 e. The Morgan fingerprint density at radius 2 is 2.12 bits per heavy atom. The van der Waals surface area contributed by atoms with Crippen LogP contribution in [0, 0.1) is 19.7 Å². The fraction of sp³-hybridized carbons (Fsp3) is 0.353. The molecule has 0 saturated heterocycles. The Morgan fingerprint density at radius 3 is 2.77 bits per heavy atom. The van der Waals surface area contributed by atoms with Gasteiger partial charge in [0.15, 0.2) is 5.69 Å². The zero-order valence-electron chi connectivity index (χ0n) is 14.8. The first-order valence-electron chi connectivity index (χ1n) is 7.99. The van der Waals surface area contributed by atoms with E-state index in [1.807, 2.05) is 0 Å². The van der Waals surface area contributed by atoms with Crippen LogP contribution in [0.3, 0.4) is 0 Å². The lowest BCUT2D eigenvalue weighted by atomic mass is 10.1. The second-order valence-corrected chi connectivity index (χ2v) is 5.74. The molecule has 8 nitrogen and oxygen atoms in total. The molecule has 9 heteroatoms. The number of aliphatic hydroxyl groups excluding tert-OH is 1. The van der Waals surface area contributed by atoms with Gasteiger partial charge in [-0.3, -0.25) is 14.4 Å². The van der Waals surface area contributed by atoms with Gasteiger partial charge in [-0.05, 0) is 38.0 Å². The Kier molecular flexibility index (Phi) is 6.42. The third-order valence-electron chi connectivity index (χ3n) is 3.65. The molecular weight excluding hydrogens is 343 g/mol. The van der Waals surface area contributed by atoms with E-state index in [1.165, 1.54) is 26.1 Å². The second-order valence-electron chi connectivity index (χ2n) is 5.74. The molecule has 0 aliphatic carbocycles. The van der Waals surface area contributed by atoms with E-state index >= 15 is 0 Å². The number of carbonyl (C=O) groups excluding carboxylic acids is 1. The minimum atomic E-state index is -0.698. The summed E-state index contributed by atoms with van der Waals surface area (Å²) in [5.74, 6) is -1.22. The van der Waals surface area contributed by atoms with Crippen molar-refractivity contribution >= 4 is 17.3 Å². The number of halogens is 1. The molecule has 0 bridgehead atoms. The molecule has 0 atom stereocenters. The summed E-state index contributed by atoms with van der Waals surface area (Å²) in [6, 6.07) is 4.55. The first-order valence-corrected chi connectivity index (χ1v) is 7.99. The number of hydrogen-bond acceptors (Lipinski definition) is 6. The number of aromatic nitrogens is 2. The summed E-state index contributed by atoms with van der Waals surface area (Å²) in [5, 5.41) is 15.5. The predicted molar refractivity (Wildman–Crippen MR) is 93.8 cm³/mol. The molecule has 1 amide bonds. The zero-order valence-corrected chi connectivity index (χ0v) is 14.8. The number of aryl methyl sites for hydroxylation is 2. The second kappa shape index (κ2) is 8.54. The van der Waals surface area contributed by atoms with Crippen LogP contribution >= 0.6 is 0 Å². The Morgan fingerprint density at radius 1 is 1.38 bits per heavy atom. The number of hydrogen-bond donors (Lipinski definition) is 3. The Hall–Kier alpha value is -2.78. The lowest BCUT2D eigenvalue weighted by molar-refractivity contribution is 0.0257. The first-order chi connectivity index (χ1) is 12.3. The van der Waals surface area contributed by atoms with Crippen molar-refractivity contribution in [2.75, 3.05) is 18.5 Å². The Bertz CT molecular complexity index is 867. The smallest absolute Gasteiger partial charge is 0.297 e. The summed E-state index contributed by atoms with van der Waals surface area (Å²) in [6.45, 7) is 3.30. The molecule has 2 aromatic rings. The van der Waals surface area contributed by atoms with Gasteiger partial charge in [-0.2, -0.15) is 5.10 Å². The van der Waals surface area contributed by atoms with Gasteiger partial charge in [-0.1, -0.05) is 6.07 Å². The number of benzene rings is 1.